The van der Waals surface area contributed by atoms with E-state index in [4.69, 9.17) is 16.3 Å². The molecule has 6 heteroatoms. The second-order valence-corrected chi connectivity index (χ2v) is 5.83. The molecule has 24 heavy (non-hydrogen) atoms. The highest BCUT2D eigenvalue weighted by molar-refractivity contribution is 6.30. The summed E-state index contributed by atoms with van der Waals surface area (Å²) in [6.07, 6.45) is 0. The Balaban J connectivity index is 1.91. The Kier molecular flexibility index (Phi) is 6.58. The van der Waals surface area contributed by atoms with Crippen LogP contribution in [0.15, 0.2) is 48.5 Å². The van der Waals surface area contributed by atoms with Crippen molar-refractivity contribution in [1.29, 1.82) is 0 Å². The summed E-state index contributed by atoms with van der Waals surface area (Å²) in [5.74, 6) is -0.684. The van der Waals surface area contributed by atoms with Gasteiger partial charge in [-0.3, -0.25) is 4.79 Å². The van der Waals surface area contributed by atoms with Crippen molar-refractivity contribution in [2.45, 2.75) is 18.9 Å². The number of hydrogen-bond acceptors (Lipinski definition) is 3. The van der Waals surface area contributed by atoms with Gasteiger partial charge in [-0.05, 0) is 17.7 Å². The Morgan fingerprint density at radius 3 is 2.62 bits per heavy atom. The Morgan fingerprint density at radius 1 is 1.29 bits per heavy atom. The van der Waals surface area contributed by atoms with E-state index in [2.05, 4.69) is 5.32 Å². The molecule has 2 N–H and O–H groups in total. The van der Waals surface area contributed by atoms with E-state index in [1.54, 1.807) is 0 Å². The Bertz CT molecular complexity index is 681. The third kappa shape index (κ3) is 4.94. The van der Waals surface area contributed by atoms with E-state index in [9.17, 15) is 14.3 Å². The van der Waals surface area contributed by atoms with Crippen molar-refractivity contribution in [2.24, 2.45) is 0 Å². The SMILES string of the molecule is CC(c1ccccc1)C(CO)NC(=O)COc1ccc(F)c(Cl)c1. The average molecular weight is 352 g/mol. The minimum absolute atomic E-state index is 0.0552. The van der Waals surface area contributed by atoms with Crippen LogP contribution in [0.1, 0.15) is 18.4 Å². The molecule has 4 nitrogen and oxygen atoms in total. The first-order chi connectivity index (χ1) is 11.5. The highest BCUT2D eigenvalue weighted by Gasteiger charge is 2.20. The number of rotatable bonds is 7. The van der Waals surface area contributed by atoms with Gasteiger partial charge < -0.3 is 15.2 Å². The van der Waals surface area contributed by atoms with Gasteiger partial charge in [0.2, 0.25) is 0 Å². The van der Waals surface area contributed by atoms with Gasteiger partial charge in [-0.2, -0.15) is 0 Å². The summed E-state index contributed by atoms with van der Waals surface area (Å²) in [6.45, 7) is 1.49. The second kappa shape index (κ2) is 8.66. The summed E-state index contributed by atoms with van der Waals surface area (Å²) in [5, 5.41) is 12.2. The smallest absolute Gasteiger partial charge is 0.258 e. The van der Waals surface area contributed by atoms with Gasteiger partial charge in [0.05, 0.1) is 17.7 Å². The molecule has 0 aliphatic carbocycles. The van der Waals surface area contributed by atoms with E-state index < -0.39 is 11.9 Å². The minimum Gasteiger partial charge on any atom is -0.484 e. The molecule has 2 aromatic carbocycles. The van der Waals surface area contributed by atoms with E-state index in [0.29, 0.717) is 5.75 Å². The normalized spacial score (nSPS) is 13.2. The fraction of sp³-hybridized carbons (Fsp3) is 0.278. The zero-order valence-electron chi connectivity index (χ0n) is 13.2. The molecule has 128 valence electrons. The molecule has 0 saturated heterocycles. The molecule has 0 radical (unpaired) electrons. The molecule has 0 fully saturated rings. The number of hydrogen-bond donors (Lipinski definition) is 2. The lowest BCUT2D eigenvalue weighted by atomic mass is 9.94. The highest BCUT2D eigenvalue weighted by Crippen LogP contribution is 2.21. The Morgan fingerprint density at radius 2 is 2.00 bits per heavy atom. The van der Waals surface area contributed by atoms with Crippen molar-refractivity contribution in [3.8, 4) is 5.75 Å². The predicted octanol–water partition coefficient (Wildman–Crippen LogP) is 3.14. The quantitative estimate of drug-likeness (QED) is 0.805. The van der Waals surface area contributed by atoms with Crippen LogP contribution >= 0.6 is 11.6 Å². The first kappa shape index (κ1) is 18.2. The van der Waals surface area contributed by atoms with Gasteiger partial charge in [0, 0.05) is 12.0 Å². The zero-order valence-corrected chi connectivity index (χ0v) is 14.0. The molecule has 0 heterocycles. The minimum atomic E-state index is -0.550. The topological polar surface area (TPSA) is 58.6 Å². The van der Waals surface area contributed by atoms with E-state index in [1.165, 1.54) is 18.2 Å². The molecular weight excluding hydrogens is 333 g/mol. The molecule has 0 aliphatic rings. The van der Waals surface area contributed by atoms with E-state index in [-0.39, 0.29) is 30.1 Å². The number of carbonyl (C=O) groups excluding carboxylic acids is 1. The van der Waals surface area contributed by atoms with Crippen LogP contribution in [0.3, 0.4) is 0 Å². The lowest BCUT2D eigenvalue weighted by molar-refractivity contribution is -0.124. The lowest BCUT2D eigenvalue weighted by Gasteiger charge is -2.23. The molecule has 1 amide bonds. The van der Waals surface area contributed by atoms with Crippen molar-refractivity contribution >= 4 is 17.5 Å². The number of aliphatic hydroxyl groups excluding tert-OH is 1. The van der Waals surface area contributed by atoms with E-state index in [1.807, 2.05) is 37.3 Å². The lowest BCUT2D eigenvalue weighted by Crippen LogP contribution is -2.43. The van der Waals surface area contributed by atoms with Gasteiger partial charge in [-0.1, -0.05) is 48.9 Å². The van der Waals surface area contributed by atoms with Gasteiger partial charge in [-0.25, -0.2) is 4.39 Å². The van der Waals surface area contributed by atoms with Crippen LogP contribution < -0.4 is 10.1 Å². The molecule has 2 unspecified atom stereocenters. The largest absolute Gasteiger partial charge is 0.484 e. The zero-order chi connectivity index (χ0) is 17.5. The van der Waals surface area contributed by atoms with Crippen LogP contribution in [0.4, 0.5) is 4.39 Å². The van der Waals surface area contributed by atoms with Gasteiger partial charge in [0.15, 0.2) is 6.61 Å². The third-order valence-electron chi connectivity index (χ3n) is 3.73. The standard InChI is InChI=1S/C18H19ClFNO3/c1-12(13-5-3-2-4-6-13)17(10-22)21-18(23)11-24-14-7-8-16(20)15(19)9-14/h2-9,12,17,22H,10-11H2,1H3,(H,21,23). The van der Waals surface area contributed by atoms with E-state index in [0.717, 1.165) is 5.56 Å². The summed E-state index contributed by atoms with van der Waals surface area (Å²) < 4.78 is 18.4. The average Bonchev–Trinajstić information content (AvgIpc) is 2.61. The summed E-state index contributed by atoms with van der Waals surface area (Å²) in [5.41, 5.74) is 1.02. The molecule has 0 aromatic heterocycles. The maximum atomic E-state index is 13.1. The maximum absolute atomic E-state index is 13.1. The number of halogens is 2. The third-order valence-corrected chi connectivity index (χ3v) is 4.02. The predicted molar refractivity (Wildman–Crippen MR) is 90.8 cm³/mol. The monoisotopic (exact) mass is 351 g/mol. The van der Waals surface area contributed by atoms with Gasteiger partial charge >= 0.3 is 0 Å². The summed E-state index contributed by atoms with van der Waals surface area (Å²) in [7, 11) is 0. The van der Waals surface area contributed by atoms with Gasteiger partial charge in [0.25, 0.3) is 5.91 Å². The van der Waals surface area contributed by atoms with Crippen LogP contribution in [0.2, 0.25) is 5.02 Å². The molecule has 0 saturated carbocycles. The molecule has 0 spiro atoms. The first-order valence-electron chi connectivity index (χ1n) is 7.54. The van der Waals surface area contributed by atoms with Gasteiger partial charge in [0.1, 0.15) is 11.6 Å². The van der Waals surface area contributed by atoms with Gasteiger partial charge in [-0.15, -0.1) is 0 Å². The number of benzene rings is 2. The maximum Gasteiger partial charge on any atom is 0.258 e. The van der Waals surface area contributed by atoms with E-state index >= 15 is 0 Å². The van der Waals surface area contributed by atoms with Crippen LogP contribution in [-0.4, -0.2) is 30.3 Å². The van der Waals surface area contributed by atoms with Crippen LogP contribution in [0.25, 0.3) is 0 Å². The number of amides is 1. The molecule has 0 bridgehead atoms. The molecule has 0 aliphatic heterocycles. The van der Waals surface area contributed by atoms with Crippen LogP contribution in [-0.2, 0) is 4.79 Å². The first-order valence-corrected chi connectivity index (χ1v) is 7.92. The number of nitrogens with one attached hydrogen (secondary N) is 1. The Labute approximate surface area is 145 Å². The Hall–Kier alpha value is -2.11. The number of aliphatic hydroxyl groups is 1. The van der Waals surface area contributed by atoms with Crippen LogP contribution in [0, 0.1) is 5.82 Å². The van der Waals surface area contributed by atoms with Crippen molar-refractivity contribution < 1.29 is 19.0 Å². The molecule has 2 aromatic rings. The summed E-state index contributed by atoms with van der Waals surface area (Å²) in [6, 6.07) is 13.0. The van der Waals surface area contributed by atoms with Crippen molar-refractivity contribution in [1.82, 2.24) is 5.32 Å². The molecule has 2 atom stereocenters. The fourth-order valence-electron chi connectivity index (χ4n) is 2.28. The number of ether oxygens (including phenoxy) is 1. The molecule has 2 rings (SSSR count). The second-order valence-electron chi connectivity index (χ2n) is 5.42. The summed E-state index contributed by atoms with van der Waals surface area (Å²) in [4.78, 5) is 12.0. The van der Waals surface area contributed by atoms with Crippen molar-refractivity contribution in [2.75, 3.05) is 13.2 Å². The highest BCUT2D eigenvalue weighted by atomic mass is 35.5. The number of carbonyl (C=O) groups is 1. The molecular formula is C18H19ClFNO3. The fourth-order valence-corrected chi connectivity index (χ4v) is 2.45. The van der Waals surface area contributed by atoms with Crippen LogP contribution in [0.5, 0.6) is 5.75 Å². The van der Waals surface area contributed by atoms with Crippen molar-refractivity contribution in [3.63, 3.8) is 0 Å². The summed E-state index contributed by atoms with van der Waals surface area (Å²) >= 11 is 5.66. The van der Waals surface area contributed by atoms with Crippen molar-refractivity contribution in [3.05, 3.63) is 64.9 Å².